The Kier molecular flexibility index (Phi) is 3.01. The molecule has 2 N–H and O–H groups in total. The molecule has 19 heavy (non-hydrogen) atoms. The number of para-hydroxylation sites is 1. The maximum atomic E-state index is 4.55. The topological polar surface area (TPSA) is 49.8 Å². The van der Waals surface area contributed by atoms with Gasteiger partial charge in [-0.15, -0.1) is 0 Å². The summed E-state index contributed by atoms with van der Waals surface area (Å²) in [6.45, 7) is 3.28. The van der Waals surface area contributed by atoms with Crippen LogP contribution >= 0.6 is 0 Å². The van der Waals surface area contributed by atoms with Crippen LogP contribution in [0.15, 0.2) is 24.3 Å². The van der Waals surface area contributed by atoms with E-state index in [2.05, 4.69) is 33.6 Å². The summed E-state index contributed by atoms with van der Waals surface area (Å²) in [6.07, 6.45) is 3.90. The van der Waals surface area contributed by atoms with Gasteiger partial charge in [0.05, 0.1) is 5.52 Å². The number of aromatic nitrogens is 2. The molecule has 0 atom stereocenters. The Morgan fingerprint density at radius 2 is 2.00 bits per heavy atom. The lowest BCUT2D eigenvalue weighted by Gasteiger charge is -2.15. The van der Waals surface area contributed by atoms with Crippen molar-refractivity contribution in [2.75, 3.05) is 24.2 Å². The predicted molar refractivity (Wildman–Crippen MR) is 79.5 cm³/mol. The van der Waals surface area contributed by atoms with Crippen LogP contribution in [0.2, 0.25) is 0 Å². The van der Waals surface area contributed by atoms with Crippen LogP contribution in [0.1, 0.15) is 26.2 Å². The number of rotatable bonds is 5. The van der Waals surface area contributed by atoms with Gasteiger partial charge in [0.15, 0.2) is 0 Å². The molecule has 1 heterocycles. The molecule has 0 amide bonds. The van der Waals surface area contributed by atoms with E-state index in [1.165, 1.54) is 19.3 Å². The predicted octanol–water partition coefficient (Wildman–Crippen LogP) is 3.27. The number of hydrogen-bond acceptors (Lipinski definition) is 4. The summed E-state index contributed by atoms with van der Waals surface area (Å²) in [5.74, 6) is 1.61. The molecule has 1 aromatic carbocycles. The standard InChI is InChI=1S/C15H20N4/c1-3-15(8-9-15)10-17-13-11-6-4-5-7-12(11)18-14(16-2)19-13/h4-7H,3,8-10H2,1-2H3,(H2,16,17,18,19). The van der Waals surface area contributed by atoms with E-state index in [0.717, 1.165) is 23.3 Å². The van der Waals surface area contributed by atoms with Crippen LogP contribution in [0, 0.1) is 5.41 Å². The second kappa shape index (κ2) is 4.68. The Balaban J connectivity index is 1.92. The van der Waals surface area contributed by atoms with Crippen LogP contribution < -0.4 is 10.6 Å². The van der Waals surface area contributed by atoms with Crippen molar-refractivity contribution in [1.29, 1.82) is 0 Å². The highest BCUT2D eigenvalue weighted by molar-refractivity contribution is 5.90. The molecule has 0 saturated heterocycles. The lowest BCUT2D eigenvalue weighted by Crippen LogP contribution is -2.16. The van der Waals surface area contributed by atoms with Crippen molar-refractivity contribution in [3.8, 4) is 0 Å². The first-order valence-corrected chi connectivity index (χ1v) is 6.95. The van der Waals surface area contributed by atoms with E-state index in [4.69, 9.17) is 0 Å². The van der Waals surface area contributed by atoms with Crippen molar-refractivity contribution in [3.63, 3.8) is 0 Å². The van der Waals surface area contributed by atoms with Gasteiger partial charge >= 0.3 is 0 Å². The number of anilines is 2. The molecule has 1 fully saturated rings. The molecule has 0 aliphatic heterocycles. The summed E-state index contributed by atoms with van der Waals surface area (Å²) in [6, 6.07) is 8.13. The molecule has 2 aromatic rings. The zero-order chi connectivity index (χ0) is 13.3. The average Bonchev–Trinajstić information content (AvgIpc) is 3.25. The van der Waals surface area contributed by atoms with Crippen molar-refractivity contribution in [2.24, 2.45) is 5.41 Å². The lowest BCUT2D eigenvalue weighted by atomic mass is 10.0. The number of nitrogens with one attached hydrogen (secondary N) is 2. The minimum atomic E-state index is 0.506. The molecule has 1 aromatic heterocycles. The molecule has 1 aliphatic rings. The number of benzene rings is 1. The van der Waals surface area contributed by atoms with Gasteiger partial charge in [-0.05, 0) is 36.8 Å². The van der Waals surface area contributed by atoms with E-state index in [0.29, 0.717) is 11.4 Å². The first kappa shape index (κ1) is 12.2. The van der Waals surface area contributed by atoms with Gasteiger partial charge in [0.2, 0.25) is 5.95 Å². The zero-order valence-electron chi connectivity index (χ0n) is 11.5. The van der Waals surface area contributed by atoms with Crippen LogP contribution in [0.25, 0.3) is 10.9 Å². The van der Waals surface area contributed by atoms with E-state index in [1.807, 2.05) is 25.2 Å². The van der Waals surface area contributed by atoms with Crippen LogP contribution in [-0.2, 0) is 0 Å². The fourth-order valence-corrected chi connectivity index (χ4v) is 2.43. The Hall–Kier alpha value is -1.84. The van der Waals surface area contributed by atoms with E-state index < -0.39 is 0 Å². The lowest BCUT2D eigenvalue weighted by molar-refractivity contribution is 0.521. The van der Waals surface area contributed by atoms with Gasteiger partial charge in [-0.3, -0.25) is 0 Å². The molecule has 1 saturated carbocycles. The SMILES string of the molecule is CCC1(CNc2nc(NC)nc3ccccc23)CC1. The summed E-state index contributed by atoms with van der Waals surface area (Å²) in [5, 5.41) is 7.64. The van der Waals surface area contributed by atoms with Gasteiger partial charge in [0.1, 0.15) is 5.82 Å². The molecule has 1 aliphatic carbocycles. The van der Waals surface area contributed by atoms with Crippen molar-refractivity contribution in [3.05, 3.63) is 24.3 Å². The van der Waals surface area contributed by atoms with E-state index >= 15 is 0 Å². The summed E-state index contributed by atoms with van der Waals surface area (Å²) in [7, 11) is 1.85. The largest absolute Gasteiger partial charge is 0.369 e. The normalized spacial score (nSPS) is 16.3. The van der Waals surface area contributed by atoms with E-state index in [9.17, 15) is 0 Å². The minimum Gasteiger partial charge on any atom is -0.369 e. The van der Waals surface area contributed by atoms with Crippen molar-refractivity contribution < 1.29 is 0 Å². The molecule has 0 spiro atoms. The zero-order valence-corrected chi connectivity index (χ0v) is 11.5. The highest BCUT2D eigenvalue weighted by Crippen LogP contribution is 2.48. The third kappa shape index (κ3) is 2.35. The van der Waals surface area contributed by atoms with Crippen LogP contribution in [0.4, 0.5) is 11.8 Å². The summed E-state index contributed by atoms with van der Waals surface area (Å²) in [5.41, 5.74) is 1.48. The molecule has 3 rings (SSSR count). The minimum absolute atomic E-state index is 0.506. The van der Waals surface area contributed by atoms with Crippen molar-refractivity contribution in [1.82, 2.24) is 9.97 Å². The molecular weight excluding hydrogens is 236 g/mol. The second-order valence-corrected chi connectivity index (χ2v) is 5.37. The molecule has 4 nitrogen and oxygen atoms in total. The molecule has 0 unspecified atom stereocenters. The van der Waals surface area contributed by atoms with Gasteiger partial charge in [-0.25, -0.2) is 4.98 Å². The van der Waals surface area contributed by atoms with Gasteiger partial charge < -0.3 is 10.6 Å². The van der Waals surface area contributed by atoms with E-state index in [-0.39, 0.29) is 0 Å². The first-order chi connectivity index (χ1) is 9.26. The fraction of sp³-hybridized carbons (Fsp3) is 0.467. The highest BCUT2D eigenvalue weighted by Gasteiger charge is 2.40. The van der Waals surface area contributed by atoms with Crippen LogP contribution in [-0.4, -0.2) is 23.6 Å². The van der Waals surface area contributed by atoms with Gasteiger partial charge in [-0.1, -0.05) is 19.1 Å². The summed E-state index contributed by atoms with van der Waals surface area (Å²) < 4.78 is 0. The van der Waals surface area contributed by atoms with Crippen LogP contribution in [0.5, 0.6) is 0 Å². The smallest absolute Gasteiger partial charge is 0.224 e. The Morgan fingerprint density at radius 1 is 1.21 bits per heavy atom. The number of fused-ring (bicyclic) bond motifs is 1. The van der Waals surface area contributed by atoms with Crippen molar-refractivity contribution >= 4 is 22.7 Å². The summed E-state index contributed by atoms with van der Waals surface area (Å²) in [4.78, 5) is 9.02. The third-order valence-electron chi connectivity index (χ3n) is 4.16. The maximum Gasteiger partial charge on any atom is 0.224 e. The first-order valence-electron chi connectivity index (χ1n) is 6.95. The molecule has 100 valence electrons. The molecular formula is C15H20N4. The average molecular weight is 256 g/mol. The third-order valence-corrected chi connectivity index (χ3v) is 4.16. The molecule has 4 heteroatoms. The highest BCUT2D eigenvalue weighted by atomic mass is 15.1. The molecule has 0 bridgehead atoms. The Bertz CT molecular complexity index is 590. The maximum absolute atomic E-state index is 4.55. The fourth-order valence-electron chi connectivity index (χ4n) is 2.43. The number of nitrogens with zero attached hydrogens (tertiary/aromatic N) is 2. The van der Waals surface area contributed by atoms with Gasteiger partial charge in [-0.2, -0.15) is 4.98 Å². The molecule has 0 radical (unpaired) electrons. The Labute approximate surface area is 113 Å². The van der Waals surface area contributed by atoms with E-state index in [1.54, 1.807) is 0 Å². The number of hydrogen-bond donors (Lipinski definition) is 2. The van der Waals surface area contributed by atoms with Gasteiger partial charge in [0, 0.05) is 19.0 Å². The Morgan fingerprint density at radius 3 is 2.68 bits per heavy atom. The summed E-state index contributed by atoms with van der Waals surface area (Å²) >= 11 is 0. The second-order valence-electron chi connectivity index (χ2n) is 5.37. The monoisotopic (exact) mass is 256 g/mol. The van der Waals surface area contributed by atoms with Crippen LogP contribution in [0.3, 0.4) is 0 Å². The van der Waals surface area contributed by atoms with Crippen molar-refractivity contribution in [2.45, 2.75) is 26.2 Å². The van der Waals surface area contributed by atoms with Gasteiger partial charge in [0.25, 0.3) is 0 Å². The quantitative estimate of drug-likeness (QED) is 0.862.